The molecule has 1 amide bonds. The largest absolute Gasteiger partial charge is 0.350 e. The first-order valence-electron chi connectivity index (χ1n) is 8.70. The van der Waals surface area contributed by atoms with Gasteiger partial charge in [-0.2, -0.15) is 0 Å². The van der Waals surface area contributed by atoms with Crippen molar-refractivity contribution in [3.8, 4) is 11.1 Å². The standard InChI is InChI=1S/C21H26N2O.ClH/c1-21(2,14-22)23-20(24)9-5-6-15-10-11-17-13-16-7-3-4-8-18(16)19(17)12-15;/h3-4,7-8,10-12H,5-6,9,13-14,22H2,1-2H3,(H,23,24);1H. The Morgan fingerprint density at radius 3 is 2.60 bits per heavy atom. The van der Waals surface area contributed by atoms with Gasteiger partial charge in [-0.15, -0.1) is 12.4 Å². The smallest absolute Gasteiger partial charge is 0.220 e. The van der Waals surface area contributed by atoms with E-state index in [9.17, 15) is 4.79 Å². The SMILES string of the molecule is CC(C)(CN)NC(=O)CCCc1ccc2c(c1)-c1ccccc1C2.Cl. The topological polar surface area (TPSA) is 55.1 Å². The third kappa shape index (κ3) is 4.62. The molecule has 0 fully saturated rings. The van der Waals surface area contributed by atoms with Gasteiger partial charge in [0.05, 0.1) is 0 Å². The summed E-state index contributed by atoms with van der Waals surface area (Å²) >= 11 is 0. The maximum atomic E-state index is 12.0. The van der Waals surface area contributed by atoms with Gasteiger partial charge in [-0.25, -0.2) is 0 Å². The van der Waals surface area contributed by atoms with E-state index in [0.29, 0.717) is 13.0 Å². The monoisotopic (exact) mass is 358 g/mol. The van der Waals surface area contributed by atoms with Crippen LogP contribution in [-0.2, 0) is 17.6 Å². The van der Waals surface area contributed by atoms with Crippen molar-refractivity contribution in [3.63, 3.8) is 0 Å². The average Bonchev–Trinajstić information content (AvgIpc) is 2.92. The zero-order valence-corrected chi connectivity index (χ0v) is 15.8. The van der Waals surface area contributed by atoms with Crippen LogP contribution in [0.5, 0.6) is 0 Å². The summed E-state index contributed by atoms with van der Waals surface area (Å²) in [4.78, 5) is 12.0. The Balaban J connectivity index is 0.00000225. The summed E-state index contributed by atoms with van der Waals surface area (Å²) in [5.41, 5.74) is 12.2. The fraction of sp³-hybridized carbons (Fsp3) is 0.381. The number of halogens is 1. The summed E-state index contributed by atoms with van der Waals surface area (Å²) in [5.74, 6) is 0.0805. The van der Waals surface area contributed by atoms with Crippen molar-refractivity contribution in [2.75, 3.05) is 6.54 Å². The number of aryl methyl sites for hydroxylation is 1. The van der Waals surface area contributed by atoms with Crippen molar-refractivity contribution in [3.05, 3.63) is 59.2 Å². The lowest BCUT2D eigenvalue weighted by atomic mass is 9.99. The van der Waals surface area contributed by atoms with E-state index in [1.54, 1.807) is 0 Å². The molecule has 0 saturated heterocycles. The second-order valence-corrected chi connectivity index (χ2v) is 7.32. The van der Waals surface area contributed by atoms with Gasteiger partial charge in [-0.05, 0) is 60.9 Å². The van der Waals surface area contributed by atoms with E-state index in [-0.39, 0.29) is 23.9 Å². The molecule has 134 valence electrons. The fourth-order valence-electron chi connectivity index (χ4n) is 3.27. The first-order chi connectivity index (χ1) is 11.5. The van der Waals surface area contributed by atoms with Crippen molar-refractivity contribution in [1.29, 1.82) is 0 Å². The van der Waals surface area contributed by atoms with Crippen LogP contribution in [-0.4, -0.2) is 18.0 Å². The summed E-state index contributed by atoms with van der Waals surface area (Å²) < 4.78 is 0. The van der Waals surface area contributed by atoms with Gasteiger partial charge in [0.2, 0.25) is 5.91 Å². The highest BCUT2D eigenvalue weighted by Crippen LogP contribution is 2.36. The van der Waals surface area contributed by atoms with Gasteiger partial charge in [0, 0.05) is 18.5 Å². The molecule has 0 unspecified atom stereocenters. The van der Waals surface area contributed by atoms with Crippen LogP contribution >= 0.6 is 12.4 Å². The van der Waals surface area contributed by atoms with E-state index >= 15 is 0 Å². The summed E-state index contributed by atoms with van der Waals surface area (Å²) in [7, 11) is 0. The third-order valence-electron chi connectivity index (χ3n) is 4.72. The number of amides is 1. The molecule has 2 aromatic carbocycles. The number of nitrogens with one attached hydrogen (secondary N) is 1. The molecule has 1 aliphatic rings. The second-order valence-electron chi connectivity index (χ2n) is 7.32. The number of fused-ring (bicyclic) bond motifs is 3. The molecule has 1 aliphatic carbocycles. The van der Waals surface area contributed by atoms with Gasteiger partial charge in [0.15, 0.2) is 0 Å². The van der Waals surface area contributed by atoms with E-state index in [2.05, 4.69) is 47.8 Å². The van der Waals surface area contributed by atoms with Crippen molar-refractivity contribution in [2.45, 2.75) is 45.1 Å². The molecule has 0 aliphatic heterocycles. The highest BCUT2D eigenvalue weighted by atomic mass is 35.5. The van der Waals surface area contributed by atoms with E-state index in [0.717, 1.165) is 19.3 Å². The first-order valence-corrected chi connectivity index (χ1v) is 8.70. The number of rotatable bonds is 6. The lowest BCUT2D eigenvalue weighted by Crippen LogP contribution is -2.48. The quantitative estimate of drug-likeness (QED) is 0.703. The number of hydrogen-bond donors (Lipinski definition) is 2. The zero-order valence-electron chi connectivity index (χ0n) is 15.0. The van der Waals surface area contributed by atoms with Crippen LogP contribution in [0.2, 0.25) is 0 Å². The molecule has 0 atom stereocenters. The Morgan fingerprint density at radius 2 is 1.84 bits per heavy atom. The molecular weight excluding hydrogens is 332 g/mol. The molecule has 3 rings (SSSR count). The molecular formula is C21H27ClN2O. The van der Waals surface area contributed by atoms with Gasteiger partial charge in [0.25, 0.3) is 0 Å². The molecule has 0 heterocycles. The molecule has 0 radical (unpaired) electrons. The van der Waals surface area contributed by atoms with Crippen LogP contribution < -0.4 is 11.1 Å². The van der Waals surface area contributed by atoms with Gasteiger partial charge in [0.1, 0.15) is 0 Å². The van der Waals surface area contributed by atoms with Crippen LogP contribution in [0, 0.1) is 0 Å². The van der Waals surface area contributed by atoms with Gasteiger partial charge in [-0.1, -0.05) is 42.5 Å². The van der Waals surface area contributed by atoms with E-state index in [1.165, 1.54) is 27.8 Å². The third-order valence-corrected chi connectivity index (χ3v) is 4.72. The first kappa shape index (κ1) is 19.5. The molecule has 2 aromatic rings. The summed E-state index contributed by atoms with van der Waals surface area (Å²) in [5, 5.41) is 2.98. The molecule has 0 bridgehead atoms. The van der Waals surface area contributed by atoms with E-state index < -0.39 is 0 Å². The maximum Gasteiger partial charge on any atom is 0.220 e. The minimum atomic E-state index is -0.325. The second kappa shape index (κ2) is 8.03. The molecule has 3 N–H and O–H groups in total. The molecule has 0 spiro atoms. The maximum absolute atomic E-state index is 12.0. The molecule has 4 heteroatoms. The minimum absolute atomic E-state index is 0. The molecule has 25 heavy (non-hydrogen) atoms. The lowest BCUT2D eigenvalue weighted by Gasteiger charge is -2.24. The van der Waals surface area contributed by atoms with Crippen molar-refractivity contribution in [2.24, 2.45) is 5.73 Å². The number of carbonyl (C=O) groups is 1. The highest BCUT2D eigenvalue weighted by Gasteiger charge is 2.19. The molecule has 3 nitrogen and oxygen atoms in total. The van der Waals surface area contributed by atoms with Crippen LogP contribution in [0.15, 0.2) is 42.5 Å². The Labute approximate surface area is 156 Å². The normalized spacial score (nSPS) is 12.1. The lowest BCUT2D eigenvalue weighted by molar-refractivity contribution is -0.122. The Kier molecular flexibility index (Phi) is 6.26. The van der Waals surface area contributed by atoms with Crippen LogP contribution in [0.1, 0.15) is 43.4 Å². The predicted molar refractivity (Wildman–Crippen MR) is 106 cm³/mol. The van der Waals surface area contributed by atoms with Gasteiger partial charge in [-0.3, -0.25) is 4.79 Å². The van der Waals surface area contributed by atoms with Gasteiger partial charge < -0.3 is 11.1 Å². The van der Waals surface area contributed by atoms with Crippen LogP contribution in [0.3, 0.4) is 0 Å². The van der Waals surface area contributed by atoms with Crippen molar-refractivity contribution < 1.29 is 4.79 Å². The Bertz CT molecular complexity index is 755. The highest BCUT2D eigenvalue weighted by molar-refractivity contribution is 5.85. The Hall–Kier alpha value is -1.84. The molecule has 0 aromatic heterocycles. The zero-order chi connectivity index (χ0) is 17.2. The predicted octanol–water partition coefficient (Wildman–Crippen LogP) is 3.86. The number of nitrogens with two attached hydrogens (primary N) is 1. The summed E-state index contributed by atoms with van der Waals surface area (Å²) in [6, 6.07) is 15.3. The van der Waals surface area contributed by atoms with Crippen molar-refractivity contribution >= 4 is 18.3 Å². The number of hydrogen-bond acceptors (Lipinski definition) is 2. The summed E-state index contributed by atoms with van der Waals surface area (Å²) in [6.07, 6.45) is 3.35. The van der Waals surface area contributed by atoms with Crippen LogP contribution in [0.25, 0.3) is 11.1 Å². The van der Waals surface area contributed by atoms with Crippen molar-refractivity contribution in [1.82, 2.24) is 5.32 Å². The molecule has 0 saturated carbocycles. The van der Waals surface area contributed by atoms with E-state index in [1.807, 2.05) is 13.8 Å². The number of carbonyl (C=O) groups excluding carboxylic acids is 1. The minimum Gasteiger partial charge on any atom is -0.350 e. The van der Waals surface area contributed by atoms with E-state index in [4.69, 9.17) is 5.73 Å². The number of benzene rings is 2. The van der Waals surface area contributed by atoms with Gasteiger partial charge >= 0.3 is 0 Å². The Morgan fingerprint density at radius 1 is 1.12 bits per heavy atom. The average molecular weight is 359 g/mol. The summed E-state index contributed by atoms with van der Waals surface area (Å²) in [6.45, 7) is 4.34. The van der Waals surface area contributed by atoms with Crippen LogP contribution in [0.4, 0.5) is 0 Å². The fourth-order valence-corrected chi connectivity index (χ4v) is 3.27.